The molecule has 3 heteroatoms. The number of nitrogens with zero attached hydrogens (tertiary/aromatic N) is 1. The zero-order chi connectivity index (χ0) is 14.3. The van der Waals surface area contributed by atoms with Crippen LogP contribution in [0, 0.1) is 0 Å². The number of nitrogens with one attached hydrogen (secondary N) is 1. The lowest BCUT2D eigenvalue weighted by Crippen LogP contribution is -2.54. The number of unbranched alkanes of at least 4 members (excludes halogenated alkanes) is 3. The minimum atomic E-state index is 0.0480. The summed E-state index contributed by atoms with van der Waals surface area (Å²) in [5.74, 6) is 0.322. The zero-order valence-corrected chi connectivity index (χ0v) is 13.2. The summed E-state index contributed by atoms with van der Waals surface area (Å²) in [5.41, 5.74) is 0. The van der Waals surface area contributed by atoms with Crippen LogP contribution in [-0.2, 0) is 4.79 Å². The van der Waals surface area contributed by atoms with E-state index in [4.69, 9.17) is 0 Å². The van der Waals surface area contributed by atoms with Crippen molar-refractivity contribution in [3.05, 3.63) is 0 Å². The van der Waals surface area contributed by atoms with Gasteiger partial charge < -0.3 is 10.2 Å². The molecule has 112 valence electrons. The Morgan fingerprint density at radius 2 is 2.00 bits per heavy atom. The van der Waals surface area contributed by atoms with E-state index in [-0.39, 0.29) is 6.04 Å². The molecule has 0 aromatic rings. The highest BCUT2D eigenvalue weighted by Crippen LogP contribution is 2.18. The molecule has 3 nitrogen and oxygen atoms in total. The zero-order valence-electron chi connectivity index (χ0n) is 13.2. The third-order valence-electron chi connectivity index (χ3n) is 4.02. The van der Waals surface area contributed by atoms with Crippen LogP contribution >= 0.6 is 0 Å². The van der Waals surface area contributed by atoms with Crippen molar-refractivity contribution in [3.8, 4) is 0 Å². The van der Waals surface area contributed by atoms with E-state index in [2.05, 4.69) is 37.9 Å². The number of hydrogen-bond acceptors (Lipinski definition) is 2. The van der Waals surface area contributed by atoms with Gasteiger partial charge in [-0.15, -0.1) is 0 Å². The van der Waals surface area contributed by atoms with E-state index in [1.807, 2.05) is 0 Å². The molecule has 1 fully saturated rings. The maximum absolute atomic E-state index is 12.5. The highest BCUT2D eigenvalue weighted by atomic mass is 16.2. The van der Waals surface area contributed by atoms with E-state index in [9.17, 15) is 4.79 Å². The maximum Gasteiger partial charge on any atom is 0.239 e. The van der Waals surface area contributed by atoms with Crippen LogP contribution in [0.5, 0.6) is 0 Å². The van der Waals surface area contributed by atoms with E-state index in [1.165, 1.54) is 25.7 Å². The number of amides is 1. The Hall–Kier alpha value is -0.570. The molecular formula is C16H32N2O. The van der Waals surface area contributed by atoms with E-state index >= 15 is 0 Å². The first-order valence-corrected chi connectivity index (χ1v) is 8.12. The molecule has 0 saturated carbocycles. The Labute approximate surface area is 119 Å². The molecule has 0 aliphatic carbocycles. The minimum absolute atomic E-state index is 0.0480. The normalized spacial score (nSPS) is 22.1. The van der Waals surface area contributed by atoms with Gasteiger partial charge in [0.25, 0.3) is 0 Å². The molecule has 1 N–H and O–H groups in total. The van der Waals surface area contributed by atoms with Crippen LogP contribution in [0.2, 0.25) is 0 Å². The maximum atomic E-state index is 12.5. The lowest BCUT2D eigenvalue weighted by atomic mass is 10.00. The summed E-state index contributed by atoms with van der Waals surface area (Å²) >= 11 is 0. The molecule has 1 rings (SSSR count). The fourth-order valence-electron chi connectivity index (χ4n) is 2.92. The van der Waals surface area contributed by atoms with Gasteiger partial charge in [-0.3, -0.25) is 4.79 Å². The lowest BCUT2D eigenvalue weighted by molar-refractivity contribution is -0.138. The van der Waals surface area contributed by atoms with Gasteiger partial charge in [-0.25, -0.2) is 0 Å². The predicted octanol–water partition coefficient (Wildman–Crippen LogP) is 3.33. The molecule has 2 atom stereocenters. The monoisotopic (exact) mass is 268 g/mol. The SMILES string of the molecule is CCCCCCC(C)N1CCCC(NC(C)C)C1=O. The number of rotatable bonds is 8. The molecule has 1 heterocycles. The molecule has 0 aromatic heterocycles. The van der Waals surface area contributed by atoms with E-state index in [0.29, 0.717) is 18.0 Å². The largest absolute Gasteiger partial charge is 0.339 e. The van der Waals surface area contributed by atoms with E-state index in [0.717, 1.165) is 25.8 Å². The Kier molecular flexibility index (Phi) is 7.44. The molecule has 19 heavy (non-hydrogen) atoms. The van der Waals surface area contributed by atoms with Crippen molar-refractivity contribution < 1.29 is 4.79 Å². The van der Waals surface area contributed by atoms with Crippen LogP contribution in [0.3, 0.4) is 0 Å². The molecule has 0 bridgehead atoms. The molecule has 0 aromatic carbocycles. The van der Waals surface area contributed by atoms with Crippen molar-refractivity contribution in [2.75, 3.05) is 6.54 Å². The van der Waals surface area contributed by atoms with Gasteiger partial charge in [0.2, 0.25) is 5.91 Å². The molecule has 1 aliphatic heterocycles. The first-order chi connectivity index (χ1) is 9.06. The first kappa shape index (κ1) is 16.5. The quantitative estimate of drug-likeness (QED) is 0.685. The van der Waals surface area contributed by atoms with Crippen molar-refractivity contribution >= 4 is 5.91 Å². The molecule has 1 saturated heterocycles. The summed E-state index contributed by atoms with van der Waals surface area (Å²) in [6, 6.07) is 0.835. The second-order valence-corrected chi connectivity index (χ2v) is 6.25. The van der Waals surface area contributed by atoms with Gasteiger partial charge in [-0.1, -0.05) is 46.5 Å². The summed E-state index contributed by atoms with van der Waals surface area (Å²) in [6.07, 6.45) is 8.43. The number of hydrogen-bond donors (Lipinski definition) is 1. The van der Waals surface area contributed by atoms with Crippen molar-refractivity contribution in [1.29, 1.82) is 0 Å². The van der Waals surface area contributed by atoms with Crippen LogP contribution < -0.4 is 5.32 Å². The molecule has 0 radical (unpaired) electrons. The molecule has 2 unspecified atom stereocenters. The van der Waals surface area contributed by atoms with E-state index < -0.39 is 0 Å². The fourth-order valence-corrected chi connectivity index (χ4v) is 2.92. The highest BCUT2D eigenvalue weighted by molar-refractivity contribution is 5.82. The number of carbonyl (C=O) groups is 1. The van der Waals surface area contributed by atoms with Gasteiger partial charge >= 0.3 is 0 Å². The summed E-state index contributed by atoms with van der Waals surface area (Å²) in [7, 11) is 0. The summed E-state index contributed by atoms with van der Waals surface area (Å²) in [6.45, 7) is 9.62. The molecule has 1 amide bonds. The van der Waals surface area contributed by atoms with Crippen molar-refractivity contribution in [2.45, 2.75) is 90.8 Å². The van der Waals surface area contributed by atoms with Gasteiger partial charge in [-0.2, -0.15) is 0 Å². The van der Waals surface area contributed by atoms with Crippen molar-refractivity contribution in [3.63, 3.8) is 0 Å². The summed E-state index contributed by atoms with van der Waals surface area (Å²) < 4.78 is 0. The molecular weight excluding hydrogens is 236 g/mol. The predicted molar refractivity (Wildman–Crippen MR) is 81.2 cm³/mol. The standard InChI is InChI=1S/C16H32N2O/c1-5-6-7-8-10-14(4)18-12-9-11-15(16(18)19)17-13(2)3/h13-15,17H,5-12H2,1-4H3. The Morgan fingerprint density at radius 1 is 1.26 bits per heavy atom. The fraction of sp³-hybridized carbons (Fsp3) is 0.938. The Bertz CT molecular complexity index is 265. The van der Waals surface area contributed by atoms with Crippen molar-refractivity contribution in [2.24, 2.45) is 0 Å². The van der Waals surface area contributed by atoms with E-state index in [1.54, 1.807) is 0 Å². The van der Waals surface area contributed by atoms with Crippen LogP contribution in [0.4, 0.5) is 0 Å². The van der Waals surface area contributed by atoms with Crippen LogP contribution in [0.15, 0.2) is 0 Å². The molecule has 1 aliphatic rings. The lowest BCUT2D eigenvalue weighted by Gasteiger charge is -2.37. The topological polar surface area (TPSA) is 32.3 Å². The summed E-state index contributed by atoms with van der Waals surface area (Å²) in [4.78, 5) is 14.6. The smallest absolute Gasteiger partial charge is 0.239 e. The second kappa shape index (κ2) is 8.57. The third kappa shape index (κ3) is 5.52. The number of piperidine rings is 1. The van der Waals surface area contributed by atoms with Gasteiger partial charge in [-0.05, 0) is 26.2 Å². The second-order valence-electron chi connectivity index (χ2n) is 6.25. The van der Waals surface area contributed by atoms with Crippen LogP contribution in [-0.4, -0.2) is 35.5 Å². The first-order valence-electron chi connectivity index (χ1n) is 8.12. The minimum Gasteiger partial charge on any atom is -0.339 e. The van der Waals surface area contributed by atoms with Crippen molar-refractivity contribution in [1.82, 2.24) is 10.2 Å². The Morgan fingerprint density at radius 3 is 2.63 bits per heavy atom. The van der Waals surface area contributed by atoms with Gasteiger partial charge in [0.15, 0.2) is 0 Å². The number of likely N-dealkylation sites (tertiary alicyclic amines) is 1. The number of carbonyl (C=O) groups excluding carboxylic acids is 1. The highest BCUT2D eigenvalue weighted by Gasteiger charge is 2.31. The average Bonchev–Trinajstić information content (AvgIpc) is 2.36. The third-order valence-corrected chi connectivity index (χ3v) is 4.02. The van der Waals surface area contributed by atoms with Gasteiger partial charge in [0, 0.05) is 18.6 Å². The molecule has 0 spiro atoms. The van der Waals surface area contributed by atoms with Crippen LogP contribution in [0.25, 0.3) is 0 Å². The average molecular weight is 268 g/mol. The van der Waals surface area contributed by atoms with Crippen LogP contribution in [0.1, 0.15) is 72.6 Å². The van der Waals surface area contributed by atoms with Gasteiger partial charge in [0.1, 0.15) is 0 Å². The summed E-state index contributed by atoms with van der Waals surface area (Å²) in [5, 5.41) is 3.40. The van der Waals surface area contributed by atoms with Gasteiger partial charge in [0.05, 0.1) is 6.04 Å². The Balaban J connectivity index is 2.40.